The molecule has 1 saturated heterocycles. The molecule has 0 saturated carbocycles. The van der Waals surface area contributed by atoms with E-state index in [1.54, 1.807) is 6.92 Å². The number of nitrogens with zero attached hydrogens (tertiary/aromatic N) is 2. The van der Waals surface area contributed by atoms with Crippen molar-refractivity contribution in [2.75, 3.05) is 13.1 Å². The van der Waals surface area contributed by atoms with E-state index >= 15 is 0 Å². The largest absolute Gasteiger partial charge is 0.343 e. The summed E-state index contributed by atoms with van der Waals surface area (Å²) >= 11 is 5.75. The van der Waals surface area contributed by atoms with E-state index in [4.69, 9.17) is 11.6 Å². The summed E-state index contributed by atoms with van der Waals surface area (Å²) in [5.41, 5.74) is 1.23. The number of carbonyl (C=O) groups excluding carboxylic acids is 1. The number of rotatable bonds is 1. The number of likely N-dealkylation sites (tertiary alicyclic amines) is 1. The van der Waals surface area contributed by atoms with Gasteiger partial charge in [-0.3, -0.25) is 4.79 Å². The van der Waals surface area contributed by atoms with Gasteiger partial charge < -0.3 is 4.90 Å². The molecule has 1 aliphatic heterocycles. The Balaban J connectivity index is 1.99. The Bertz CT molecular complexity index is 369. The molecule has 1 aliphatic rings. The van der Waals surface area contributed by atoms with Crippen LogP contribution in [-0.2, 0) is 4.79 Å². The molecule has 2 rings (SSSR count). The lowest BCUT2D eigenvalue weighted by Crippen LogP contribution is -2.36. The number of halogens is 1. The highest BCUT2D eigenvalue weighted by Gasteiger charge is 2.21. The van der Waals surface area contributed by atoms with Crippen LogP contribution in [-0.4, -0.2) is 28.9 Å². The first-order valence-electron chi connectivity index (χ1n) is 5.54. The van der Waals surface area contributed by atoms with Crippen LogP contribution in [0.5, 0.6) is 0 Å². The standard InChI is InChI=1S/C12H15ClN2O/c1-9(16)15-6-4-10(5-7-15)11-2-3-12(13)14-8-11/h2-3,8,10H,4-7H2,1H3. The highest BCUT2D eigenvalue weighted by Crippen LogP contribution is 2.27. The van der Waals surface area contributed by atoms with Crippen LogP contribution in [0.25, 0.3) is 0 Å². The predicted octanol–water partition coefficient (Wildman–Crippen LogP) is 2.46. The molecule has 2 heterocycles. The van der Waals surface area contributed by atoms with Gasteiger partial charge in [-0.2, -0.15) is 0 Å². The van der Waals surface area contributed by atoms with Crippen LogP contribution in [0.1, 0.15) is 31.2 Å². The molecule has 86 valence electrons. The molecule has 1 aromatic heterocycles. The summed E-state index contributed by atoms with van der Waals surface area (Å²) in [7, 11) is 0. The maximum Gasteiger partial charge on any atom is 0.219 e. The van der Waals surface area contributed by atoms with Gasteiger partial charge in [-0.15, -0.1) is 0 Å². The average Bonchev–Trinajstić information content (AvgIpc) is 2.30. The Hall–Kier alpha value is -1.09. The van der Waals surface area contributed by atoms with Gasteiger partial charge in [0, 0.05) is 26.2 Å². The monoisotopic (exact) mass is 238 g/mol. The van der Waals surface area contributed by atoms with Crippen molar-refractivity contribution in [3.05, 3.63) is 29.0 Å². The van der Waals surface area contributed by atoms with Crippen molar-refractivity contribution in [1.29, 1.82) is 0 Å². The smallest absolute Gasteiger partial charge is 0.219 e. The minimum Gasteiger partial charge on any atom is -0.343 e. The van der Waals surface area contributed by atoms with E-state index < -0.39 is 0 Å². The Kier molecular flexibility index (Phi) is 3.44. The van der Waals surface area contributed by atoms with Crippen LogP contribution in [0, 0.1) is 0 Å². The molecule has 3 nitrogen and oxygen atoms in total. The van der Waals surface area contributed by atoms with E-state index in [-0.39, 0.29) is 5.91 Å². The van der Waals surface area contributed by atoms with Crippen molar-refractivity contribution >= 4 is 17.5 Å². The first-order valence-corrected chi connectivity index (χ1v) is 5.91. The number of aromatic nitrogens is 1. The van der Waals surface area contributed by atoms with Gasteiger partial charge >= 0.3 is 0 Å². The molecule has 4 heteroatoms. The van der Waals surface area contributed by atoms with E-state index in [1.807, 2.05) is 23.2 Å². The first-order chi connectivity index (χ1) is 7.66. The fourth-order valence-corrected chi connectivity index (χ4v) is 2.27. The molecular weight excluding hydrogens is 224 g/mol. The lowest BCUT2D eigenvalue weighted by atomic mass is 9.90. The van der Waals surface area contributed by atoms with E-state index in [0.29, 0.717) is 11.1 Å². The summed E-state index contributed by atoms with van der Waals surface area (Å²) in [6, 6.07) is 3.86. The zero-order chi connectivity index (χ0) is 11.5. The number of piperidine rings is 1. The highest BCUT2D eigenvalue weighted by atomic mass is 35.5. The Morgan fingerprint density at radius 1 is 1.44 bits per heavy atom. The van der Waals surface area contributed by atoms with E-state index in [2.05, 4.69) is 4.98 Å². The summed E-state index contributed by atoms with van der Waals surface area (Å²) in [6.07, 6.45) is 3.88. The van der Waals surface area contributed by atoms with Crippen LogP contribution >= 0.6 is 11.6 Å². The number of pyridine rings is 1. The average molecular weight is 239 g/mol. The molecule has 1 aromatic rings. The summed E-state index contributed by atoms with van der Waals surface area (Å²) in [5.74, 6) is 0.688. The second kappa shape index (κ2) is 4.83. The molecule has 16 heavy (non-hydrogen) atoms. The van der Waals surface area contributed by atoms with Gasteiger partial charge in [-0.25, -0.2) is 4.98 Å². The molecule has 0 atom stereocenters. The summed E-state index contributed by atoms with van der Waals surface area (Å²) < 4.78 is 0. The van der Waals surface area contributed by atoms with Gasteiger partial charge in [0.05, 0.1) is 0 Å². The number of amides is 1. The second-order valence-electron chi connectivity index (χ2n) is 4.19. The molecule has 0 unspecified atom stereocenters. The van der Waals surface area contributed by atoms with Gasteiger partial charge in [0.1, 0.15) is 5.15 Å². The summed E-state index contributed by atoms with van der Waals surface area (Å²) in [4.78, 5) is 17.2. The molecule has 0 aliphatic carbocycles. The van der Waals surface area contributed by atoms with Gasteiger partial charge in [0.25, 0.3) is 0 Å². The predicted molar refractivity (Wildman–Crippen MR) is 63.5 cm³/mol. The van der Waals surface area contributed by atoms with Gasteiger partial charge in [-0.05, 0) is 30.4 Å². The normalized spacial score (nSPS) is 17.5. The molecule has 0 spiro atoms. The van der Waals surface area contributed by atoms with Crippen LogP contribution in [0.15, 0.2) is 18.3 Å². The van der Waals surface area contributed by atoms with E-state index in [1.165, 1.54) is 5.56 Å². The lowest BCUT2D eigenvalue weighted by Gasteiger charge is -2.31. The highest BCUT2D eigenvalue weighted by molar-refractivity contribution is 6.29. The molecular formula is C12H15ClN2O. The van der Waals surface area contributed by atoms with Crippen molar-refractivity contribution in [1.82, 2.24) is 9.88 Å². The Morgan fingerprint density at radius 3 is 2.62 bits per heavy atom. The Morgan fingerprint density at radius 2 is 2.12 bits per heavy atom. The molecule has 0 radical (unpaired) electrons. The number of carbonyl (C=O) groups is 1. The van der Waals surface area contributed by atoms with Gasteiger partial charge in [-0.1, -0.05) is 17.7 Å². The number of hydrogen-bond acceptors (Lipinski definition) is 2. The maximum absolute atomic E-state index is 11.2. The Labute approximate surface area is 100 Å². The fourth-order valence-electron chi connectivity index (χ4n) is 2.16. The molecule has 0 N–H and O–H groups in total. The zero-order valence-corrected chi connectivity index (χ0v) is 10.1. The van der Waals surface area contributed by atoms with Crippen molar-refractivity contribution < 1.29 is 4.79 Å². The fraction of sp³-hybridized carbons (Fsp3) is 0.500. The van der Waals surface area contributed by atoms with Crippen molar-refractivity contribution in [3.8, 4) is 0 Å². The van der Waals surface area contributed by atoms with Crippen molar-refractivity contribution in [3.63, 3.8) is 0 Å². The third kappa shape index (κ3) is 2.53. The summed E-state index contributed by atoms with van der Waals surface area (Å²) in [5, 5.41) is 0.532. The van der Waals surface area contributed by atoms with Crippen LogP contribution < -0.4 is 0 Å². The maximum atomic E-state index is 11.2. The minimum atomic E-state index is 0.174. The minimum absolute atomic E-state index is 0.174. The van der Waals surface area contributed by atoms with Crippen LogP contribution in [0.2, 0.25) is 5.15 Å². The summed E-state index contributed by atoms with van der Waals surface area (Å²) in [6.45, 7) is 3.33. The van der Waals surface area contributed by atoms with Crippen molar-refractivity contribution in [2.24, 2.45) is 0 Å². The quantitative estimate of drug-likeness (QED) is 0.705. The number of hydrogen-bond donors (Lipinski definition) is 0. The van der Waals surface area contributed by atoms with E-state index in [0.717, 1.165) is 25.9 Å². The van der Waals surface area contributed by atoms with E-state index in [9.17, 15) is 4.79 Å². The van der Waals surface area contributed by atoms with Crippen LogP contribution in [0.4, 0.5) is 0 Å². The third-order valence-corrected chi connectivity index (χ3v) is 3.39. The third-order valence-electron chi connectivity index (χ3n) is 3.16. The van der Waals surface area contributed by atoms with Crippen molar-refractivity contribution in [2.45, 2.75) is 25.7 Å². The van der Waals surface area contributed by atoms with Crippen LogP contribution in [0.3, 0.4) is 0 Å². The second-order valence-corrected chi connectivity index (χ2v) is 4.58. The van der Waals surface area contributed by atoms with Gasteiger partial charge in [0.15, 0.2) is 0 Å². The molecule has 1 fully saturated rings. The van der Waals surface area contributed by atoms with Gasteiger partial charge in [0.2, 0.25) is 5.91 Å². The molecule has 0 aromatic carbocycles. The first kappa shape index (κ1) is 11.4. The SMILES string of the molecule is CC(=O)N1CCC(c2ccc(Cl)nc2)CC1. The molecule has 0 bridgehead atoms. The zero-order valence-electron chi connectivity index (χ0n) is 9.32. The molecule has 1 amide bonds. The topological polar surface area (TPSA) is 33.2 Å². The lowest BCUT2D eigenvalue weighted by molar-refractivity contribution is -0.129.